The minimum absolute atomic E-state index is 0.0818. The molecule has 0 atom stereocenters. The van der Waals surface area contributed by atoms with E-state index in [2.05, 4.69) is 10.3 Å². The molecule has 2 heterocycles. The number of ether oxygens (including phenoxy) is 2. The highest BCUT2D eigenvalue weighted by Gasteiger charge is 2.20. The molecule has 0 aliphatic heterocycles. The lowest BCUT2D eigenvalue weighted by molar-refractivity contribution is -0.385. The largest absolute Gasteiger partial charge is 0.493 e. The number of nitrogens with one attached hydrogen (secondary N) is 1. The molecule has 0 saturated heterocycles. The molecule has 1 aromatic carbocycles. The highest BCUT2D eigenvalue weighted by Crippen LogP contribution is 2.34. The second-order valence-electron chi connectivity index (χ2n) is 6.90. The van der Waals surface area contributed by atoms with Gasteiger partial charge in [0.15, 0.2) is 11.5 Å². The van der Waals surface area contributed by atoms with Crippen LogP contribution in [0, 0.1) is 10.1 Å². The van der Waals surface area contributed by atoms with Crippen molar-refractivity contribution >= 4 is 22.6 Å². The monoisotopic (exact) mass is 443 g/mol. The Morgan fingerprint density at radius 1 is 1.12 bits per heavy atom. The molecule has 0 radical (unpaired) electrons. The Labute approximate surface area is 181 Å². The maximum absolute atomic E-state index is 12.6. The fourth-order valence-electron chi connectivity index (χ4n) is 3.28. The van der Waals surface area contributed by atoms with E-state index in [1.54, 1.807) is 0 Å². The lowest BCUT2D eigenvalue weighted by atomic mass is 10.1. The number of benzene rings is 1. The van der Waals surface area contributed by atoms with Crippen LogP contribution in [0.5, 0.6) is 11.5 Å². The lowest BCUT2D eigenvalue weighted by Gasteiger charge is -2.11. The third-order valence-corrected chi connectivity index (χ3v) is 5.02. The number of nitrogens with zero attached hydrogens (tertiary/aromatic N) is 4. The zero-order chi connectivity index (χ0) is 23.6. The third kappa shape index (κ3) is 4.02. The van der Waals surface area contributed by atoms with Gasteiger partial charge in [-0.25, -0.2) is 9.78 Å². The Hall–Kier alpha value is -4.22. The molecule has 3 aromatic rings. The SMILES string of the molecule is COc1cc(CCNC(=O)c2cnc3c(c2)c(=O)n(C)c(=O)n3C)c([N+](=O)[O-])cc1OC. The molecule has 2 aromatic heterocycles. The minimum atomic E-state index is -0.564. The average Bonchev–Trinajstić information content (AvgIpc) is 2.80. The number of fused-ring (bicyclic) bond motifs is 1. The molecule has 0 saturated carbocycles. The molecular formula is C20H21N5O7. The zero-order valence-electron chi connectivity index (χ0n) is 17.9. The van der Waals surface area contributed by atoms with Gasteiger partial charge in [0.2, 0.25) is 0 Å². The van der Waals surface area contributed by atoms with E-state index < -0.39 is 22.1 Å². The number of rotatable bonds is 7. The van der Waals surface area contributed by atoms with Gasteiger partial charge in [-0.15, -0.1) is 0 Å². The second kappa shape index (κ2) is 8.88. The van der Waals surface area contributed by atoms with Crippen LogP contribution in [0.25, 0.3) is 11.0 Å². The van der Waals surface area contributed by atoms with Gasteiger partial charge in [-0.05, 0) is 18.6 Å². The first-order valence-corrected chi connectivity index (χ1v) is 9.42. The predicted molar refractivity (Wildman–Crippen MR) is 114 cm³/mol. The Balaban J connectivity index is 1.82. The molecule has 3 rings (SSSR count). The average molecular weight is 443 g/mol. The minimum Gasteiger partial charge on any atom is -0.493 e. The summed E-state index contributed by atoms with van der Waals surface area (Å²) in [6.45, 7) is 0.0818. The molecule has 0 bridgehead atoms. The third-order valence-electron chi connectivity index (χ3n) is 5.02. The Morgan fingerprint density at radius 3 is 2.41 bits per heavy atom. The van der Waals surface area contributed by atoms with E-state index in [0.29, 0.717) is 11.3 Å². The Morgan fingerprint density at radius 2 is 1.78 bits per heavy atom. The smallest absolute Gasteiger partial charge is 0.332 e. The number of hydrogen-bond acceptors (Lipinski definition) is 8. The summed E-state index contributed by atoms with van der Waals surface area (Å²) >= 11 is 0. The molecule has 0 unspecified atom stereocenters. The molecule has 12 nitrogen and oxygen atoms in total. The van der Waals surface area contributed by atoms with Crippen LogP contribution in [-0.2, 0) is 20.5 Å². The first kappa shape index (κ1) is 22.5. The first-order chi connectivity index (χ1) is 15.2. The number of pyridine rings is 1. The van der Waals surface area contributed by atoms with Crippen LogP contribution in [0.4, 0.5) is 5.69 Å². The highest BCUT2D eigenvalue weighted by molar-refractivity contribution is 5.96. The summed E-state index contributed by atoms with van der Waals surface area (Å²) in [6.07, 6.45) is 1.41. The molecule has 0 aliphatic rings. The molecular weight excluding hydrogens is 422 g/mol. The number of hydrogen-bond donors (Lipinski definition) is 1. The van der Waals surface area contributed by atoms with Crippen LogP contribution in [0.2, 0.25) is 0 Å². The number of nitro groups is 1. The van der Waals surface area contributed by atoms with E-state index in [1.165, 1.54) is 57.3 Å². The van der Waals surface area contributed by atoms with Crippen LogP contribution >= 0.6 is 0 Å². The molecule has 32 heavy (non-hydrogen) atoms. The van der Waals surface area contributed by atoms with Crippen LogP contribution in [0.1, 0.15) is 15.9 Å². The highest BCUT2D eigenvalue weighted by atomic mass is 16.6. The summed E-state index contributed by atoms with van der Waals surface area (Å²) in [7, 11) is 5.62. The number of methoxy groups -OCH3 is 2. The summed E-state index contributed by atoms with van der Waals surface area (Å²) in [6, 6.07) is 4.12. The second-order valence-corrected chi connectivity index (χ2v) is 6.90. The molecule has 168 valence electrons. The molecule has 1 N–H and O–H groups in total. The maximum atomic E-state index is 12.6. The molecule has 12 heteroatoms. The quantitative estimate of drug-likeness (QED) is 0.411. The number of amides is 1. The number of carbonyl (C=O) groups is 1. The van der Waals surface area contributed by atoms with Crippen molar-refractivity contribution in [3.05, 3.63) is 66.5 Å². The van der Waals surface area contributed by atoms with Gasteiger partial charge in [-0.3, -0.25) is 28.8 Å². The normalized spacial score (nSPS) is 10.8. The van der Waals surface area contributed by atoms with Gasteiger partial charge in [-0.1, -0.05) is 0 Å². The number of carbonyl (C=O) groups excluding carboxylic acids is 1. The van der Waals surface area contributed by atoms with Gasteiger partial charge in [0.1, 0.15) is 5.65 Å². The number of aryl methyl sites for hydroxylation is 1. The van der Waals surface area contributed by atoms with Crippen LogP contribution < -0.4 is 26.0 Å². The van der Waals surface area contributed by atoms with Crippen molar-refractivity contribution < 1.29 is 19.2 Å². The van der Waals surface area contributed by atoms with Crippen LogP contribution in [0.15, 0.2) is 34.0 Å². The summed E-state index contributed by atoms with van der Waals surface area (Å²) in [5.41, 5.74) is -0.609. The first-order valence-electron chi connectivity index (χ1n) is 9.42. The number of nitro benzene ring substituents is 1. The van der Waals surface area contributed by atoms with Crippen molar-refractivity contribution in [2.24, 2.45) is 14.1 Å². The van der Waals surface area contributed by atoms with Gasteiger partial charge in [-0.2, -0.15) is 0 Å². The van der Waals surface area contributed by atoms with Crippen LogP contribution in [0.3, 0.4) is 0 Å². The van der Waals surface area contributed by atoms with Crippen molar-refractivity contribution in [2.75, 3.05) is 20.8 Å². The Kier molecular flexibility index (Phi) is 6.23. The van der Waals surface area contributed by atoms with Gasteiger partial charge < -0.3 is 14.8 Å². The summed E-state index contributed by atoms with van der Waals surface area (Å²) < 4.78 is 12.4. The molecule has 0 aliphatic carbocycles. The van der Waals surface area contributed by atoms with Crippen LogP contribution in [-0.4, -0.2) is 45.7 Å². The van der Waals surface area contributed by atoms with Gasteiger partial charge in [0, 0.05) is 32.4 Å². The van der Waals surface area contributed by atoms with E-state index in [1.807, 2.05) is 0 Å². The summed E-state index contributed by atoms with van der Waals surface area (Å²) in [4.78, 5) is 51.9. The maximum Gasteiger partial charge on any atom is 0.332 e. The lowest BCUT2D eigenvalue weighted by Crippen LogP contribution is -2.37. The van der Waals surface area contributed by atoms with Gasteiger partial charge in [0.05, 0.1) is 36.2 Å². The number of aromatic nitrogens is 3. The van der Waals surface area contributed by atoms with E-state index in [-0.39, 0.29) is 41.0 Å². The standard InChI is InChI=1S/C20H21N5O7/c1-23-17-13(19(27)24(2)20(23)28)7-12(10-22-17)18(26)21-6-5-11-8-15(31-3)16(32-4)9-14(11)25(29)30/h7-10H,5-6H2,1-4H3,(H,21,26). The summed E-state index contributed by atoms with van der Waals surface area (Å²) in [5, 5.41) is 14.2. The predicted octanol–water partition coefficient (Wildman–Crippen LogP) is 0.530. The molecule has 1 amide bonds. The zero-order valence-corrected chi connectivity index (χ0v) is 17.9. The van der Waals surface area contributed by atoms with Crippen molar-refractivity contribution in [3.8, 4) is 11.5 Å². The topological polar surface area (TPSA) is 148 Å². The Bertz CT molecular complexity index is 1340. The molecule has 0 fully saturated rings. The van der Waals surface area contributed by atoms with Crippen molar-refractivity contribution in [1.82, 2.24) is 19.4 Å². The summed E-state index contributed by atoms with van der Waals surface area (Å²) in [5.74, 6) is 0.0447. The van der Waals surface area contributed by atoms with E-state index in [4.69, 9.17) is 9.47 Å². The fraction of sp³-hybridized carbons (Fsp3) is 0.300. The van der Waals surface area contributed by atoms with Gasteiger partial charge in [0.25, 0.3) is 17.2 Å². The van der Waals surface area contributed by atoms with Gasteiger partial charge >= 0.3 is 5.69 Å². The van der Waals surface area contributed by atoms with E-state index in [0.717, 1.165) is 4.57 Å². The van der Waals surface area contributed by atoms with Crippen molar-refractivity contribution in [3.63, 3.8) is 0 Å². The van der Waals surface area contributed by atoms with Crippen molar-refractivity contribution in [2.45, 2.75) is 6.42 Å². The van der Waals surface area contributed by atoms with Crippen molar-refractivity contribution in [1.29, 1.82) is 0 Å². The fourth-order valence-corrected chi connectivity index (χ4v) is 3.28. The molecule has 0 spiro atoms. The van der Waals surface area contributed by atoms with E-state index >= 15 is 0 Å². The van der Waals surface area contributed by atoms with E-state index in [9.17, 15) is 24.5 Å².